The number of rotatable bonds is 10. The Kier molecular flexibility index (Phi) is 13.3. The van der Waals surface area contributed by atoms with Crippen molar-refractivity contribution in [3.8, 4) is 78.6 Å². The normalized spacial score (nSPS) is 12.3. The molecule has 0 aliphatic carbocycles. The molecular weight excluding hydrogens is 947 g/mol. The van der Waals surface area contributed by atoms with Crippen molar-refractivity contribution < 1.29 is 5.11 Å². The number of hydrogen-bond acceptors (Lipinski definition) is 3. The van der Waals surface area contributed by atoms with Crippen LogP contribution in [0.15, 0.2) is 231 Å². The van der Waals surface area contributed by atoms with Crippen LogP contribution >= 0.6 is 0 Å². The van der Waals surface area contributed by atoms with Crippen molar-refractivity contribution in [3.63, 3.8) is 0 Å². The van der Waals surface area contributed by atoms with Crippen LogP contribution in [0.4, 0.5) is 0 Å². The number of phenolic OH excluding ortho intramolecular Hbond substituents is 1. The van der Waals surface area contributed by atoms with E-state index in [-0.39, 0.29) is 27.4 Å². The Hall–Kier alpha value is -8.60. The number of imidazole rings is 1. The Labute approximate surface area is 461 Å². The molecule has 0 amide bonds. The second kappa shape index (κ2) is 20.1. The van der Waals surface area contributed by atoms with Crippen LogP contribution in [-0.2, 0) is 21.7 Å². The van der Waals surface area contributed by atoms with Crippen LogP contribution < -0.4 is 0 Å². The maximum Gasteiger partial charge on any atom is 0.149 e. The van der Waals surface area contributed by atoms with E-state index >= 15 is 0 Å². The fourth-order valence-electron chi connectivity index (χ4n) is 11.1. The van der Waals surface area contributed by atoms with Crippen molar-refractivity contribution in [2.45, 2.75) is 90.9 Å². The molecule has 9 aromatic carbocycles. The maximum absolute atomic E-state index is 12.7. The summed E-state index contributed by atoms with van der Waals surface area (Å²) in [4.78, 5) is 10.8. The molecule has 11 rings (SSSR count). The first kappa shape index (κ1) is 51.5. The van der Waals surface area contributed by atoms with Crippen LogP contribution in [0, 0.1) is 0 Å². The van der Waals surface area contributed by atoms with Crippen LogP contribution in [0.2, 0.25) is 0 Å². The van der Waals surface area contributed by atoms with Crippen molar-refractivity contribution >= 4 is 11.0 Å². The van der Waals surface area contributed by atoms with E-state index in [4.69, 9.17) is 9.97 Å². The molecular formula is C74H69N3O. The zero-order chi connectivity index (χ0) is 54.6. The second-order valence-electron chi connectivity index (χ2n) is 24.2. The Morgan fingerprint density at radius 2 is 0.885 bits per heavy atom. The van der Waals surface area contributed by atoms with Gasteiger partial charge >= 0.3 is 0 Å². The highest BCUT2D eigenvalue weighted by molar-refractivity contribution is 5.98. The van der Waals surface area contributed by atoms with Gasteiger partial charge in [0.2, 0.25) is 0 Å². The Bertz CT molecular complexity index is 3910. The highest BCUT2D eigenvalue weighted by atomic mass is 16.3. The van der Waals surface area contributed by atoms with E-state index in [2.05, 4.69) is 298 Å². The van der Waals surface area contributed by atoms with Crippen molar-refractivity contribution in [2.24, 2.45) is 0 Å². The minimum Gasteiger partial charge on any atom is -0.507 e. The third-order valence-corrected chi connectivity index (χ3v) is 15.8. The number of hydrogen-bond donors (Lipinski definition) is 1. The number of benzene rings is 9. The first-order chi connectivity index (χ1) is 37.4. The average molecular weight is 1020 g/mol. The van der Waals surface area contributed by atoms with Gasteiger partial charge in [0.25, 0.3) is 0 Å². The van der Waals surface area contributed by atoms with Gasteiger partial charge in [-0.15, -0.1) is 0 Å². The minimum atomic E-state index is -0.346. The van der Waals surface area contributed by atoms with E-state index in [1.54, 1.807) is 0 Å². The molecule has 386 valence electrons. The summed E-state index contributed by atoms with van der Waals surface area (Å²) in [6.07, 6.45) is 1.93. The summed E-state index contributed by atoms with van der Waals surface area (Å²) in [7, 11) is 0. The van der Waals surface area contributed by atoms with Crippen molar-refractivity contribution in [1.29, 1.82) is 0 Å². The van der Waals surface area contributed by atoms with Gasteiger partial charge in [-0.3, -0.25) is 9.55 Å². The molecule has 0 fully saturated rings. The monoisotopic (exact) mass is 1020 g/mol. The van der Waals surface area contributed by atoms with E-state index < -0.39 is 0 Å². The predicted molar refractivity (Wildman–Crippen MR) is 328 cm³/mol. The lowest BCUT2D eigenvalue weighted by molar-refractivity contribution is 0.446. The lowest BCUT2D eigenvalue weighted by Gasteiger charge is -2.32. The molecule has 0 spiro atoms. The number of aromatic nitrogens is 3. The molecule has 78 heavy (non-hydrogen) atoms. The van der Waals surface area contributed by atoms with Gasteiger partial charge in [-0.2, -0.15) is 0 Å². The van der Waals surface area contributed by atoms with Crippen molar-refractivity contribution in [3.05, 3.63) is 264 Å². The molecule has 0 aliphatic heterocycles. The molecule has 1 N–H and O–H groups in total. The summed E-state index contributed by atoms with van der Waals surface area (Å²) in [5.41, 5.74) is 19.9. The van der Waals surface area contributed by atoms with Crippen LogP contribution in [0.3, 0.4) is 0 Å². The Balaban J connectivity index is 1.11. The lowest BCUT2D eigenvalue weighted by Crippen LogP contribution is -2.25. The van der Waals surface area contributed by atoms with Crippen LogP contribution in [-0.4, -0.2) is 19.6 Å². The van der Waals surface area contributed by atoms with E-state index in [9.17, 15) is 5.11 Å². The number of pyridine rings is 1. The van der Waals surface area contributed by atoms with E-state index in [0.717, 1.165) is 83.6 Å². The quantitative estimate of drug-likeness (QED) is 0.139. The first-order valence-corrected chi connectivity index (χ1v) is 27.4. The molecule has 4 nitrogen and oxygen atoms in total. The Morgan fingerprint density at radius 3 is 1.49 bits per heavy atom. The molecule has 0 atom stereocenters. The van der Waals surface area contributed by atoms with Gasteiger partial charge in [-0.25, -0.2) is 4.98 Å². The standard InChI is InChI=1S/C74H69N3O/c1-71(2,3)59-38-39-66(62(46-59)51-26-17-12-18-27-51)77-67-33-23-32-61(68(67)76-70(77)63-47-60(72(4,5)6)48-64(69(63)78)73(7,8)9)54-42-53(49-24-15-11-16-25-49)43-55(44-54)65-45-52(40-41-75-65)50-34-36-58(37-35-50)74(10,56-28-19-13-20-29-56)57-30-21-14-22-31-57/h11-48,78H,1-10H3. The molecule has 0 saturated heterocycles. The van der Waals surface area contributed by atoms with Crippen LogP contribution in [0.25, 0.3) is 83.9 Å². The van der Waals surface area contributed by atoms with Crippen molar-refractivity contribution in [1.82, 2.24) is 14.5 Å². The third-order valence-electron chi connectivity index (χ3n) is 15.8. The largest absolute Gasteiger partial charge is 0.507 e. The smallest absolute Gasteiger partial charge is 0.149 e. The van der Waals surface area contributed by atoms with E-state index in [1.165, 1.54) is 22.3 Å². The fraction of sp³-hybridized carbons (Fsp3) is 0.189. The molecule has 2 aromatic heterocycles. The van der Waals surface area contributed by atoms with Gasteiger partial charge in [-0.1, -0.05) is 232 Å². The zero-order valence-electron chi connectivity index (χ0n) is 46.7. The minimum absolute atomic E-state index is 0.0936. The molecule has 0 radical (unpaired) electrons. The number of aromatic hydroxyl groups is 1. The Morgan fingerprint density at radius 1 is 0.359 bits per heavy atom. The SMILES string of the molecule is CC(C)(C)c1ccc(-n2c(-c3cc(C(C)(C)C)cc(C(C)(C)C)c3O)nc3c(-c4cc(-c5ccccc5)cc(-c5cc(-c6ccc(C(C)(c7ccccc7)c7ccccc7)cc6)ccn5)c4)cccc32)c(-c2ccccc2)c1. The summed E-state index contributed by atoms with van der Waals surface area (Å²) in [6.45, 7) is 22.3. The summed E-state index contributed by atoms with van der Waals surface area (Å²) in [5, 5.41) is 12.7. The number of nitrogens with zero attached hydrogens (tertiary/aromatic N) is 3. The van der Waals surface area contributed by atoms with Gasteiger partial charge in [0.05, 0.1) is 28.0 Å². The topological polar surface area (TPSA) is 50.9 Å². The summed E-state index contributed by atoms with van der Waals surface area (Å²) >= 11 is 0. The molecule has 2 heterocycles. The van der Waals surface area contributed by atoms with Crippen molar-refractivity contribution in [2.75, 3.05) is 0 Å². The number of fused-ring (bicyclic) bond motifs is 1. The second-order valence-corrected chi connectivity index (χ2v) is 24.2. The third kappa shape index (κ3) is 9.77. The summed E-state index contributed by atoms with van der Waals surface area (Å²) in [6, 6.07) is 80.7. The molecule has 4 heteroatoms. The highest BCUT2D eigenvalue weighted by Crippen LogP contribution is 2.47. The summed E-state index contributed by atoms with van der Waals surface area (Å²) in [5.74, 6) is 0.927. The average Bonchev–Trinajstić information content (AvgIpc) is 4.07. The highest BCUT2D eigenvalue weighted by Gasteiger charge is 2.32. The lowest BCUT2D eigenvalue weighted by atomic mass is 9.71. The van der Waals surface area contributed by atoms with Gasteiger partial charge in [0.15, 0.2) is 0 Å². The first-order valence-electron chi connectivity index (χ1n) is 27.4. The molecule has 0 saturated carbocycles. The molecule has 0 unspecified atom stereocenters. The van der Waals surface area contributed by atoms with Gasteiger partial charge in [0, 0.05) is 33.9 Å². The number of para-hydroxylation sites is 1. The van der Waals surface area contributed by atoms with Crippen LogP contribution in [0.5, 0.6) is 5.75 Å². The summed E-state index contributed by atoms with van der Waals surface area (Å²) < 4.78 is 2.29. The van der Waals surface area contributed by atoms with E-state index in [0.29, 0.717) is 11.4 Å². The molecule has 11 aromatic rings. The van der Waals surface area contributed by atoms with E-state index in [1.807, 2.05) is 6.20 Å². The van der Waals surface area contributed by atoms with Gasteiger partial charge in [0.1, 0.15) is 11.6 Å². The predicted octanol–water partition coefficient (Wildman–Crippen LogP) is 19.4. The van der Waals surface area contributed by atoms with Crippen LogP contribution in [0.1, 0.15) is 103 Å². The zero-order valence-corrected chi connectivity index (χ0v) is 46.7. The fourth-order valence-corrected chi connectivity index (χ4v) is 11.1. The van der Waals surface area contributed by atoms with Gasteiger partial charge in [-0.05, 0) is 139 Å². The maximum atomic E-state index is 12.7. The molecule has 0 bridgehead atoms. The number of phenols is 1. The van der Waals surface area contributed by atoms with Gasteiger partial charge < -0.3 is 5.11 Å². The molecule has 0 aliphatic rings.